The number of hydrogen-bond donors (Lipinski definition) is 1. The number of methoxy groups -OCH3 is 1. The molecule has 0 aromatic heterocycles. The third-order valence-corrected chi connectivity index (χ3v) is 3.27. The molecule has 2 atom stereocenters. The quantitative estimate of drug-likeness (QED) is 0.595. The van der Waals surface area contributed by atoms with Crippen molar-refractivity contribution in [2.45, 2.75) is 32.7 Å². The average Bonchev–Trinajstić information content (AvgIpc) is 2.42. The van der Waals surface area contributed by atoms with Crippen molar-refractivity contribution in [2.75, 3.05) is 13.7 Å². The van der Waals surface area contributed by atoms with E-state index in [9.17, 15) is 4.79 Å². The van der Waals surface area contributed by atoms with Crippen LogP contribution < -0.4 is 5.32 Å². The number of carbonyl (C=O) groups excluding carboxylic acids is 1. The van der Waals surface area contributed by atoms with Gasteiger partial charge in [-0.15, -0.1) is 0 Å². The summed E-state index contributed by atoms with van der Waals surface area (Å²) in [5.41, 5.74) is 1.35. The molecule has 0 bridgehead atoms. The SMILES string of the molecule is COC(=O)C(C)C(C)NCCCc1ccccc1. The van der Waals surface area contributed by atoms with Crippen LogP contribution in [0, 0.1) is 5.92 Å². The Morgan fingerprint density at radius 1 is 1.28 bits per heavy atom. The number of hydrogen-bond acceptors (Lipinski definition) is 3. The van der Waals surface area contributed by atoms with Crippen LogP contribution >= 0.6 is 0 Å². The number of benzene rings is 1. The predicted octanol–water partition coefficient (Wildman–Crippen LogP) is 2.41. The summed E-state index contributed by atoms with van der Waals surface area (Å²) in [6.07, 6.45) is 2.13. The molecule has 1 aromatic carbocycles. The highest BCUT2D eigenvalue weighted by Gasteiger charge is 2.19. The van der Waals surface area contributed by atoms with Crippen LogP contribution in [0.4, 0.5) is 0 Å². The van der Waals surface area contributed by atoms with Crippen molar-refractivity contribution >= 4 is 5.97 Å². The Bertz CT molecular complexity index is 351. The van der Waals surface area contributed by atoms with Crippen LogP contribution in [0.3, 0.4) is 0 Å². The smallest absolute Gasteiger partial charge is 0.309 e. The van der Waals surface area contributed by atoms with Gasteiger partial charge in [0.2, 0.25) is 0 Å². The van der Waals surface area contributed by atoms with E-state index in [0.717, 1.165) is 19.4 Å². The molecule has 0 aliphatic rings. The summed E-state index contributed by atoms with van der Waals surface area (Å²) in [5, 5.41) is 3.37. The molecular weight excluding hydrogens is 226 g/mol. The summed E-state index contributed by atoms with van der Waals surface area (Å²) in [6.45, 7) is 4.82. The second kappa shape index (κ2) is 7.88. The summed E-state index contributed by atoms with van der Waals surface area (Å²) in [6, 6.07) is 10.6. The van der Waals surface area contributed by atoms with Crippen molar-refractivity contribution in [2.24, 2.45) is 5.92 Å². The van der Waals surface area contributed by atoms with Gasteiger partial charge in [0.15, 0.2) is 0 Å². The highest BCUT2D eigenvalue weighted by molar-refractivity contribution is 5.72. The van der Waals surface area contributed by atoms with E-state index < -0.39 is 0 Å². The first-order valence-electron chi connectivity index (χ1n) is 6.50. The number of nitrogens with one attached hydrogen (secondary N) is 1. The highest BCUT2D eigenvalue weighted by Crippen LogP contribution is 2.05. The standard InChI is InChI=1S/C15H23NO2/c1-12(15(17)18-3)13(2)16-11-7-10-14-8-5-4-6-9-14/h4-6,8-9,12-13,16H,7,10-11H2,1-3H3. The number of aryl methyl sites for hydroxylation is 1. The van der Waals surface area contributed by atoms with Gasteiger partial charge in [-0.25, -0.2) is 0 Å². The number of rotatable bonds is 7. The topological polar surface area (TPSA) is 38.3 Å². The lowest BCUT2D eigenvalue weighted by Crippen LogP contribution is -2.37. The van der Waals surface area contributed by atoms with Crippen LogP contribution in [0.5, 0.6) is 0 Å². The fourth-order valence-corrected chi connectivity index (χ4v) is 1.83. The molecule has 0 radical (unpaired) electrons. The molecule has 0 fully saturated rings. The van der Waals surface area contributed by atoms with Crippen molar-refractivity contribution in [1.82, 2.24) is 5.32 Å². The third-order valence-electron chi connectivity index (χ3n) is 3.27. The first kappa shape index (κ1) is 14.7. The Hall–Kier alpha value is -1.35. The van der Waals surface area contributed by atoms with E-state index >= 15 is 0 Å². The Balaban J connectivity index is 2.20. The second-order valence-electron chi connectivity index (χ2n) is 4.64. The Morgan fingerprint density at radius 3 is 2.56 bits per heavy atom. The maximum atomic E-state index is 11.3. The van der Waals surface area contributed by atoms with Crippen LogP contribution in [0.25, 0.3) is 0 Å². The van der Waals surface area contributed by atoms with Crippen molar-refractivity contribution in [3.63, 3.8) is 0 Å². The Morgan fingerprint density at radius 2 is 1.94 bits per heavy atom. The third kappa shape index (κ3) is 4.88. The first-order valence-corrected chi connectivity index (χ1v) is 6.50. The van der Waals surface area contributed by atoms with Crippen molar-refractivity contribution < 1.29 is 9.53 Å². The lowest BCUT2D eigenvalue weighted by molar-refractivity contribution is -0.145. The van der Waals surface area contributed by atoms with Gasteiger partial charge in [0, 0.05) is 6.04 Å². The van der Waals surface area contributed by atoms with Crippen LogP contribution in [0.15, 0.2) is 30.3 Å². The molecule has 3 heteroatoms. The summed E-state index contributed by atoms with van der Waals surface area (Å²) >= 11 is 0. The fraction of sp³-hybridized carbons (Fsp3) is 0.533. The van der Waals surface area contributed by atoms with Crippen molar-refractivity contribution in [3.05, 3.63) is 35.9 Å². The van der Waals surface area contributed by atoms with E-state index in [-0.39, 0.29) is 17.9 Å². The van der Waals surface area contributed by atoms with Crippen LogP contribution in [0.2, 0.25) is 0 Å². The van der Waals surface area contributed by atoms with Gasteiger partial charge in [-0.05, 0) is 31.9 Å². The largest absolute Gasteiger partial charge is 0.469 e. The minimum absolute atomic E-state index is 0.105. The van der Waals surface area contributed by atoms with E-state index in [1.807, 2.05) is 19.9 Å². The number of esters is 1. The van der Waals surface area contributed by atoms with Gasteiger partial charge in [-0.1, -0.05) is 37.3 Å². The minimum atomic E-state index is -0.155. The monoisotopic (exact) mass is 249 g/mol. The van der Waals surface area contributed by atoms with E-state index in [1.54, 1.807) is 0 Å². The normalized spacial score (nSPS) is 13.9. The average molecular weight is 249 g/mol. The summed E-state index contributed by atoms with van der Waals surface area (Å²) in [7, 11) is 1.43. The van der Waals surface area contributed by atoms with E-state index in [2.05, 4.69) is 29.6 Å². The van der Waals surface area contributed by atoms with Crippen molar-refractivity contribution in [3.8, 4) is 0 Å². The molecule has 1 N–H and O–H groups in total. The molecule has 0 aliphatic carbocycles. The van der Waals surface area contributed by atoms with Crippen LogP contribution in [-0.2, 0) is 16.0 Å². The van der Waals surface area contributed by atoms with Gasteiger partial charge in [0.25, 0.3) is 0 Å². The van der Waals surface area contributed by atoms with Gasteiger partial charge in [-0.3, -0.25) is 4.79 Å². The second-order valence-corrected chi connectivity index (χ2v) is 4.64. The molecule has 1 aromatic rings. The van der Waals surface area contributed by atoms with Gasteiger partial charge < -0.3 is 10.1 Å². The van der Waals surface area contributed by atoms with E-state index in [4.69, 9.17) is 4.74 Å². The molecule has 0 saturated carbocycles. The summed E-state index contributed by atoms with van der Waals surface area (Å²) in [4.78, 5) is 11.3. The maximum absolute atomic E-state index is 11.3. The molecule has 0 heterocycles. The van der Waals surface area contributed by atoms with Crippen LogP contribution in [-0.4, -0.2) is 25.7 Å². The predicted molar refractivity (Wildman–Crippen MR) is 73.4 cm³/mol. The molecule has 18 heavy (non-hydrogen) atoms. The number of ether oxygens (including phenoxy) is 1. The molecule has 100 valence electrons. The van der Waals surface area contributed by atoms with Gasteiger partial charge >= 0.3 is 5.97 Å². The molecule has 0 aliphatic heterocycles. The van der Waals surface area contributed by atoms with E-state index in [0.29, 0.717) is 0 Å². The maximum Gasteiger partial charge on any atom is 0.309 e. The van der Waals surface area contributed by atoms with E-state index in [1.165, 1.54) is 12.7 Å². The number of carbonyl (C=O) groups is 1. The zero-order chi connectivity index (χ0) is 13.4. The zero-order valence-electron chi connectivity index (χ0n) is 11.5. The molecule has 0 saturated heterocycles. The molecule has 0 amide bonds. The highest BCUT2D eigenvalue weighted by atomic mass is 16.5. The van der Waals surface area contributed by atoms with Crippen LogP contribution in [0.1, 0.15) is 25.8 Å². The lowest BCUT2D eigenvalue weighted by atomic mass is 10.0. The summed E-state index contributed by atoms with van der Waals surface area (Å²) < 4.78 is 4.73. The first-order chi connectivity index (χ1) is 8.65. The van der Waals surface area contributed by atoms with Gasteiger partial charge in [0.05, 0.1) is 13.0 Å². The van der Waals surface area contributed by atoms with Gasteiger partial charge in [-0.2, -0.15) is 0 Å². The lowest BCUT2D eigenvalue weighted by Gasteiger charge is -2.19. The molecular formula is C15H23NO2. The Kier molecular flexibility index (Phi) is 6.44. The molecule has 0 spiro atoms. The van der Waals surface area contributed by atoms with Gasteiger partial charge in [0.1, 0.15) is 0 Å². The van der Waals surface area contributed by atoms with Crippen molar-refractivity contribution in [1.29, 1.82) is 0 Å². The minimum Gasteiger partial charge on any atom is -0.469 e. The molecule has 3 nitrogen and oxygen atoms in total. The molecule has 1 rings (SSSR count). The summed E-state index contributed by atoms with van der Waals surface area (Å²) in [5.74, 6) is -0.259. The molecule has 2 unspecified atom stereocenters. The fourth-order valence-electron chi connectivity index (χ4n) is 1.83. The Labute approximate surface area is 110 Å². The zero-order valence-corrected chi connectivity index (χ0v) is 11.5.